The first-order valence-electron chi connectivity index (χ1n) is 7.85. The van der Waals surface area contributed by atoms with Crippen LogP contribution in [0.4, 0.5) is 5.69 Å². The van der Waals surface area contributed by atoms with Crippen molar-refractivity contribution in [2.75, 3.05) is 11.9 Å². The number of amides is 1. The summed E-state index contributed by atoms with van der Waals surface area (Å²) in [5, 5.41) is 16.5. The van der Waals surface area contributed by atoms with Gasteiger partial charge in [0.15, 0.2) is 0 Å². The first-order valence-corrected chi connectivity index (χ1v) is 8.23. The van der Waals surface area contributed by atoms with Crippen LogP contribution in [0.3, 0.4) is 0 Å². The SMILES string of the molecule is CC(CC(=O)Nc1cccc(Cl)c1)NC1CCCC1(C)CO. The first kappa shape index (κ1) is 17.3. The van der Waals surface area contributed by atoms with Crippen molar-refractivity contribution in [2.24, 2.45) is 5.41 Å². The van der Waals surface area contributed by atoms with Crippen molar-refractivity contribution < 1.29 is 9.90 Å². The summed E-state index contributed by atoms with van der Waals surface area (Å²) in [6.07, 6.45) is 3.60. The number of hydrogen-bond donors (Lipinski definition) is 3. The van der Waals surface area contributed by atoms with Gasteiger partial charge in [0.2, 0.25) is 5.91 Å². The second-order valence-electron chi connectivity index (χ2n) is 6.59. The molecule has 2 rings (SSSR count). The third-order valence-electron chi connectivity index (χ3n) is 4.53. The topological polar surface area (TPSA) is 61.4 Å². The molecule has 1 amide bonds. The highest BCUT2D eigenvalue weighted by atomic mass is 35.5. The molecule has 0 aromatic heterocycles. The number of anilines is 1. The Bertz CT molecular complexity index is 523. The fourth-order valence-corrected chi connectivity index (χ4v) is 3.36. The zero-order valence-corrected chi connectivity index (χ0v) is 14.0. The quantitative estimate of drug-likeness (QED) is 0.753. The summed E-state index contributed by atoms with van der Waals surface area (Å²) in [5.74, 6) is -0.0361. The van der Waals surface area contributed by atoms with Crippen LogP contribution in [0.2, 0.25) is 5.02 Å². The van der Waals surface area contributed by atoms with Gasteiger partial charge in [0.25, 0.3) is 0 Å². The molecule has 3 atom stereocenters. The largest absolute Gasteiger partial charge is 0.396 e. The average molecular weight is 325 g/mol. The lowest BCUT2D eigenvalue weighted by Crippen LogP contribution is -2.46. The van der Waals surface area contributed by atoms with Gasteiger partial charge in [0.05, 0.1) is 0 Å². The van der Waals surface area contributed by atoms with Gasteiger partial charge >= 0.3 is 0 Å². The van der Waals surface area contributed by atoms with Crippen molar-refractivity contribution in [3.63, 3.8) is 0 Å². The lowest BCUT2D eigenvalue weighted by Gasteiger charge is -2.32. The third kappa shape index (κ3) is 4.45. The molecule has 1 aliphatic carbocycles. The Balaban J connectivity index is 1.84. The normalized spacial score (nSPS) is 25.9. The highest BCUT2D eigenvalue weighted by molar-refractivity contribution is 6.30. The van der Waals surface area contributed by atoms with Gasteiger partial charge in [-0.1, -0.05) is 31.0 Å². The van der Waals surface area contributed by atoms with Crippen molar-refractivity contribution in [3.8, 4) is 0 Å². The summed E-state index contributed by atoms with van der Waals surface area (Å²) >= 11 is 5.91. The summed E-state index contributed by atoms with van der Waals surface area (Å²) in [5.41, 5.74) is 0.642. The number of hydrogen-bond acceptors (Lipinski definition) is 3. The number of aliphatic hydroxyl groups is 1. The number of nitrogens with one attached hydrogen (secondary N) is 2. The van der Waals surface area contributed by atoms with Crippen LogP contribution in [0.5, 0.6) is 0 Å². The number of carbonyl (C=O) groups excluding carboxylic acids is 1. The molecule has 122 valence electrons. The van der Waals surface area contributed by atoms with Gasteiger partial charge < -0.3 is 15.7 Å². The average Bonchev–Trinajstić information content (AvgIpc) is 2.80. The van der Waals surface area contributed by atoms with Crippen LogP contribution in [-0.4, -0.2) is 29.7 Å². The molecule has 0 saturated heterocycles. The minimum absolute atomic E-state index is 0.0361. The van der Waals surface area contributed by atoms with Gasteiger partial charge in [-0.3, -0.25) is 4.79 Å². The molecule has 0 bridgehead atoms. The van der Waals surface area contributed by atoms with E-state index in [-0.39, 0.29) is 30.0 Å². The van der Waals surface area contributed by atoms with Crippen LogP contribution < -0.4 is 10.6 Å². The fourth-order valence-electron chi connectivity index (χ4n) is 3.17. The van der Waals surface area contributed by atoms with Crippen molar-refractivity contribution in [1.82, 2.24) is 5.32 Å². The minimum atomic E-state index is -0.0717. The van der Waals surface area contributed by atoms with E-state index >= 15 is 0 Å². The van der Waals surface area contributed by atoms with Crippen LogP contribution in [-0.2, 0) is 4.79 Å². The van der Waals surface area contributed by atoms with Crippen molar-refractivity contribution in [2.45, 2.75) is 51.6 Å². The van der Waals surface area contributed by atoms with E-state index in [9.17, 15) is 9.90 Å². The lowest BCUT2D eigenvalue weighted by atomic mass is 9.85. The van der Waals surface area contributed by atoms with Crippen molar-refractivity contribution in [3.05, 3.63) is 29.3 Å². The fraction of sp³-hybridized carbons (Fsp3) is 0.588. The van der Waals surface area contributed by atoms with Gasteiger partial charge in [0.1, 0.15) is 0 Å². The highest BCUT2D eigenvalue weighted by Gasteiger charge is 2.38. The summed E-state index contributed by atoms with van der Waals surface area (Å²) in [7, 11) is 0. The Kier molecular flexibility index (Phi) is 5.84. The number of halogens is 1. The molecule has 0 heterocycles. The van der Waals surface area contributed by atoms with E-state index in [0.717, 1.165) is 19.3 Å². The maximum atomic E-state index is 12.1. The Morgan fingerprint density at radius 1 is 1.55 bits per heavy atom. The summed E-state index contributed by atoms with van der Waals surface area (Å²) in [6, 6.07) is 7.47. The molecule has 3 N–H and O–H groups in total. The monoisotopic (exact) mass is 324 g/mol. The van der Waals surface area contributed by atoms with E-state index in [2.05, 4.69) is 17.6 Å². The molecule has 1 aromatic carbocycles. The van der Waals surface area contributed by atoms with Crippen LogP contribution in [0.25, 0.3) is 0 Å². The second-order valence-corrected chi connectivity index (χ2v) is 7.02. The Hall–Kier alpha value is -1.10. The molecule has 1 saturated carbocycles. The first-order chi connectivity index (χ1) is 10.4. The van der Waals surface area contributed by atoms with E-state index in [1.807, 2.05) is 19.1 Å². The van der Waals surface area contributed by atoms with E-state index in [1.165, 1.54) is 0 Å². The standard InChI is InChI=1S/C17H25ClN2O2/c1-12(19-15-7-4-8-17(15,2)11-21)9-16(22)20-14-6-3-5-13(18)10-14/h3,5-6,10,12,15,19,21H,4,7-9,11H2,1-2H3,(H,20,22). The molecule has 1 aromatic rings. The van der Waals surface area contributed by atoms with E-state index in [0.29, 0.717) is 17.1 Å². The van der Waals surface area contributed by atoms with Gasteiger partial charge in [-0.15, -0.1) is 0 Å². The molecule has 4 nitrogen and oxygen atoms in total. The molecule has 0 aliphatic heterocycles. The van der Waals surface area contributed by atoms with Gasteiger partial charge in [0, 0.05) is 41.2 Å². The number of rotatable bonds is 6. The van der Waals surface area contributed by atoms with Crippen LogP contribution in [0.15, 0.2) is 24.3 Å². The van der Waals surface area contributed by atoms with Crippen molar-refractivity contribution in [1.29, 1.82) is 0 Å². The predicted octanol–water partition coefficient (Wildman–Crippen LogP) is 3.20. The summed E-state index contributed by atoms with van der Waals surface area (Å²) in [4.78, 5) is 12.1. The molecule has 22 heavy (non-hydrogen) atoms. The molecule has 1 aliphatic rings. The van der Waals surface area contributed by atoms with Gasteiger partial charge in [-0.25, -0.2) is 0 Å². The molecular weight excluding hydrogens is 300 g/mol. The molecule has 1 fully saturated rings. The maximum absolute atomic E-state index is 12.1. The summed E-state index contributed by atoms with van der Waals surface area (Å²) in [6.45, 7) is 4.30. The number of aliphatic hydroxyl groups excluding tert-OH is 1. The second kappa shape index (κ2) is 7.44. The van der Waals surface area contributed by atoms with Crippen molar-refractivity contribution >= 4 is 23.2 Å². The van der Waals surface area contributed by atoms with Crippen LogP contribution in [0, 0.1) is 5.41 Å². The lowest BCUT2D eigenvalue weighted by molar-refractivity contribution is -0.116. The molecule has 0 radical (unpaired) electrons. The van der Waals surface area contributed by atoms with Gasteiger partial charge in [-0.2, -0.15) is 0 Å². The number of benzene rings is 1. The third-order valence-corrected chi connectivity index (χ3v) is 4.76. The van der Waals surface area contributed by atoms with E-state index in [4.69, 9.17) is 11.6 Å². The minimum Gasteiger partial charge on any atom is -0.396 e. The molecule has 5 heteroatoms. The smallest absolute Gasteiger partial charge is 0.225 e. The molecular formula is C17H25ClN2O2. The zero-order chi connectivity index (χ0) is 16.2. The molecule has 3 unspecified atom stereocenters. The van der Waals surface area contributed by atoms with E-state index in [1.54, 1.807) is 12.1 Å². The van der Waals surface area contributed by atoms with Crippen LogP contribution >= 0.6 is 11.6 Å². The van der Waals surface area contributed by atoms with E-state index < -0.39 is 0 Å². The molecule has 0 spiro atoms. The highest BCUT2D eigenvalue weighted by Crippen LogP contribution is 2.37. The Labute approximate surface area is 137 Å². The predicted molar refractivity (Wildman–Crippen MR) is 90.1 cm³/mol. The van der Waals surface area contributed by atoms with Gasteiger partial charge in [-0.05, 0) is 38.0 Å². The summed E-state index contributed by atoms with van der Waals surface area (Å²) < 4.78 is 0. The number of carbonyl (C=O) groups is 1. The van der Waals surface area contributed by atoms with Crippen LogP contribution in [0.1, 0.15) is 39.5 Å². The Morgan fingerprint density at radius 2 is 2.32 bits per heavy atom. The Morgan fingerprint density at radius 3 is 3.00 bits per heavy atom. The maximum Gasteiger partial charge on any atom is 0.225 e. The zero-order valence-electron chi connectivity index (χ0n) is 13.2.